The number of nitrogens with one attached hydrogen (secondary N) is 1. The molecule has 0 aliphatic carbocycles. The lowest BCUT2D eigenvalue weighted by molar-refractivity contribution is 0.727. The van der Waals surface area contributed by atoms with Crippen molar-refractivity contribution in [3.63, 3.8) is 0 Å². The van der Waals surface area contributed by atoms with Crippen LogP contribution in [-0.2, 0) is 6.42 Å². The Morgan fingerprint density at radius 3 is 2.94 bits per heavy atom. The molecule has 0 spiro atoms. The average Bonchev–Trinajstić information content (AvgIpc) is 2.78. The fourth-order valence-electron chi connectivity index (χ4n) is 1.99. The minimum atomic E-state index is 0.432. The van der Waals surface area contributed by atoms with Crippen LogP contribution >= 0.6 is 23.5 Å². The Balaban J connectivity index is 1.84. The van der Waals surface area contributed by atoms with E-state index in [0.717, 1.165) is 23.1 Å². The first kappa shape index (κ1) is 13.8. The van der Waals surface area contributed by atoms with Gasteiger partial charge in [-0.3, -0.25) is 4.99 Å². The van der Waals surface area contributed by atoms with Gasteiger partial charge in [0.15, 0.2) is 5.17 Å². The van der Waals surface area contributed by atoms with Gasteiger partial charge >= 0.3 is 0 Å². The van der Waals surface area contributed by atoms with Crippen molar-refractivity contribution in [1.82, 2.24) is 5.32 Å². The van der Waals surface area contributed by atoms with Crippen LogP contribution < -0.4 is 5.32 Å². The van der Waals surface area contributed by atoms with E-state index in [1.807, 2.05) is 23.5 Å². The van der Waals surface area contributed by atoms with Crippen molar-refractivity contribution < 1.29 is 0 Å². The van der Waals surface area contributed by atoms with Crippen LogP contribution in [0.2, 0.25) is 0 Å². The van der Waals surface area contributed by atoms with Crippen LogP contribution in [-0.4, -0.2) is 35.0 Å². The molecule has 2 atom stereocenters. The second kappa shape index (κ2) is 7.10. The summed E-state index contributed by atoms with van der Waals surface area (Å²) in [6.45, 7) is 2.21. The molecular weight excluding hydrogens is 260 g/mol. The van der Waals surface area contributed by atoms with E-state index in [1.165, 1.54) is 5.56 Å². The molecule has 0 radical (unpaired) electrons. The van der Waals surface area contributed by atoms with Gasteiger partial charge in [0, 0.05) is 17.5 Å². The number of hydrogen-bond donors (Lipinski definition) is 1. The maximum Gasteiger partial charge on any atom is 0.157 e. The predicted molar refractivity (Wildman–Crippen MR) is 84.8 cm³/mol. The molecular formula is C14H20N2S2. The van der Waals surface area contributed by atoms with Crippen molar-refractivity contribution in [1.29, 1.82) is 0 Å². The molecule has 98 valence electrons. The Morgan fingerprint density at radius 1 is 1.44 bits per heavy atom. The fraction of sp³-hybridized carbons (Fsp3) is 0.500. The lowest BCUT2D eigenvalue weighted by Crippen LogP contribution is -2.31. The minimum Gasteiger partial charge on any atom is -0.362 e. The van der Waals surface area contributed by atoms with E-state index < -0.39 is 0 Å². The van der Waals surface area contributed by atoms with Gasteiger partial charge in [0.1, 0.15) is 0 Å². The van der Waals surface area contributed by atoms with E-state index in [1.54, 1.807) is 0 Å². The Morgan fingerprint density at radius 2 is 2.22 bits per heavy atom. The van der Waals surface area contributed by atoms with Crippen LogP contribution in [0.5, 0.6) is 0 Å². The van der Waals surface area contributed by atoms with Crippen molar-refractivity contribution in [3.8, 4) is 0 Å². The number of amidine groups is 1. The van der Waals surface area contributed by atoms with Gasteiger partial charge in [0.05, 0.1) is 6.04 Å². The number of thioether (sulfide) groups is 2. The molecule has 1 aromatic rings. The summed E-state index contributed by atoms with van der Waals surface area (Å²) in [5.74, 6) is 2.23. The van der Waals surface area contributed by atoms with Crippen molar-refractivity contribution in [3.05, 3.63) is 35.9 Å². The summed E-state index contributed by atoms with van der Waals surface area (Å²) in [4.78, 5) is 4.76. The van der Waals surface area contributed by atoms with Gasteiger partial charge in [-0.25, -0.2) is 0 Å². The van der Waals surface area contributed by atoms with Gasteiger partial charge in [0.25, 0.3) is 0 Å². The zero-order valence-electron chi connectivity index (χ0n) is 10.9. The summed E-state index contributed by atoms with van der Waals surface area (Å²) in [6.07, 6.45) is 3.19. The largest absolute Gasteiger partial charge is 0.362 e. The maximum atomic E-state index is 4.76. The smallest absolute Gasteiger partial charge is 0.157 e. The van der Waals surface area contributed by atoms with E-state index in [-0.39, 0.29) is 0 Å². The first-order valence-electron chi connectivity index (χ1n) is 6.28. The van der Waals surface area contributed by atoms with Crippen LogP contribution in [0.15, 0.2) is 35.3 Å². The number of aliphatic imine (C=N–C) groups is 1. The number of rotatable bonds is 5. The van der Waals surface area contributed by atoms with E-state index in [9.17, 15) is 0 Å². The van der Waals surface area contributed by atoms with E-state index >= 15 is 0 Å². The van der Waals surface area contributed by atoms with Crippen molar-refractivity contribution >= 4 is 28.7 Å². The molecule has 0 bridgehead atoms. The minimum absolute atomic E-state index is 0.432. The van der Waals surface area contributed by atoms with Crippen molar-refractivity contribution in [2.45, 2.75) is 25.4 Å². The third kappa shape index (κ3) is 4.25. The summed E-state index contributed by atoms with van der Waals surface area (Å²) in [7, 11) is 0. The first-order valence-corrected chi connectivity index (χ1v) is 8.66. The zero-order chi connectivity index (χ0) is 12.8. The van der Waals surface area contributed by atoms with Gasteiger partial charge in [-0.05, 0) is 25.2 Å². The highest BCUT2D eigenvalue weighted by Gasteiger charge is 2.19. The summed E-state index contributed by atoms with van der Waals surface area (Å²) < 4.78 is 0. The van der Waals surface area contributed by atoms with E-state index in [0.29, 0.717) is 12.1 Å². The maximum absolute atomic E-state index is 4.76. The highest BCUT2D eigenvalue weighted by Crippen LogP contribution is 2.20. The molecule has 1 heterocycles. The monoisotopic (exact) mass is 280 g/mol. The van der Waals surface area contributed by atoms with Crippen LogP contribution in [0.4, 0.5) is 0 Å². The van der Waals surface area contributed by atoms with Gasteiger partial charge in [-0.1, -0.05) is 42.1 Å². The molecule has 0 aromatic heterocycles. The second-order valence-electron chi connectivity index (χ2n) is 4.59. The van der Waals surface area contributed by atoms with Crippen LogP contribution in [0.25, 0.3) is 0 Å². The molecule has 2 unspecified atom stereocenters. The predicted octanol–water partition coefficient (Wildman–Crippen LogP) is 3.04. The Kier molecular flexibility index (Phi) is 5.45. The van der Waals surface area contributed by atoms with Gasteiger partial charge in [-0.2, -0.15) is 11.8 Å². The van der Waals surface area contributed by atoms with Crippen molar-refractivity contribution in [2.24, 2.45) is 4.99 Å². The average molecular weight is 280 g/mol. The standard InChI is InChI=1S/C14H20N2S2/c1-11(9-17-2)15-14-16-13(10-18-14)8-12-6-4-3-5-7-12/h3-7,11,13H,8-10H2,1-2H3,(H,15,16). The summed E-state index contributed by atoms with van der Waals surface area (Å²) in [5, 5.41) is 4.61. The lowest BCUT2D eigenvalue weighted by Gasteiger charge is -2.12. The lowest BCUT2D eigenvalue weighted by atomic mass is 10.1. The zero-order valence-corrected chi connectivity index (χ0v) is 12.6. The van der Waals surface area contributed by atoms with Gasteiger partial charge < -0.3 is 5.32 Å². The third-order valence-electron chi connectivity index (χ3n) is 2.81. The normalized spacial score (nSPS) is 20.6. The molecule has 1 aromatic carbocycles. The number of nitrogens with zero attached hydrogens (tertiary/aromatic N) is 1. The van der Waals surface area contributed by atoms with Crippen LogP contribution in [0, 0.1) is 0 Å². The molecule has 2 nitrogen and oxygen atoms in total. The molecule has 4 heteroatoms. The highest BCUT2D eigenvalue weighted by molar-refractivity contribution is 8.14. The van der Waals surface area contributed by atoms with Gasteiger partial charge in [-0.15, -0.1) is 0 Å². The van der Waals surface area contributed by atoms with Crippen molar-refractivity contribution in [2.75, 3.05) is 17.8 Å². The highest BCUT2D eigenvalue weighted by atomic mass is 32.2. The summed E-state index contributed by atoms with van der Waals surface area (Å²) in [6, 6.07) is 11.6. The number of benzene rings is 1. The molecule has 0 saturated carbocycles. The SMILES string of the molecule is CSCC(C)NC1=NC(Cc2ccccc2)CS1. The Bertz CT molecular complexity index is 392. The topological polar surface area (TPSA) is 24.4 Å². The van der Waals surface area contributed by atoms with Gasteiger partial charge in [0.2, 0.25) is 0 Å². The molecule has 1 aliphatic heterocycles. The number of hydrogen-bond acceptors (Lipinski definition) is 4. The van der Waals surface area contributed by atoms with Crippen LogP contribution in [0.1, 0.15) is 12.5 Å². The first-order chi connectivity index (χ1) is 8.78. The molecule has 18 heavy (non-hydrogen) atoms. The molecule has 0 fully saturated rings. The van der Waals surface area contributed by atoms with Crippen LogP contribution in [0.3, 0.4) is 0 Å². The molecule has 2 rings (SSSR count). The Hall–Kier alpha value is -0.610. The second-order valence-corrected chi connectivity index (χ2v) is 6.51. The summed E-state index contributed by atoms with van der Waals surface area (Å²) in [5.41, 5.74) is 1.38. The Labute approximate surface area is 118 Å². The van der Waals surface area contributed by atoms with E-state index in [4.69, 9.17) is 4.99 Å². The molecule has 0 saturated heterocycles. The molecule has 0 amide bonds. The molecule has 1 N–H and O–H groups in total. The fourth-order valence-corrected chi connectivity index (χ4v) is 3.62. The quantitative estimate of drug-likeness (QED) is 0.897. The third-order valence-corrected chi connectivity index (χ3v) is 4.69. The summed E-state index contributed by atoms with van der Waals surface area (Å²) >= 11 is 3.72. The van der Waals surface area contributed by atoms with E-state index in [2.05, 4.69) is 48.8 Å². The molecule has 1 aliphatic rings.